The van der Waals surface area contributed by atoms with Gasteiger partial charge in [-0.05, 0) is 46.1 Å². The average molecular weight is 412 g/mol. The first-order valence-electron chi connectivity index (χ1n) is 7.70. The Balaban J connectivity index is 1.69. The zero-order chi connectivity index (χ0) is 17.3. The summed E-state index contributed by atoms with van der Waals surface area (Å²) in [6, 6.07) is 11.3. The van der Waals surface area contributed by atoms with Crippen LogP contribution in [0.5, 0.6) is 5.75 Å². The van der Waals surface area contributed by atoms with Gasteiger partial charge in [0.05, 0.1) is 16.0 Å². The summed E-state index contributed by atoms with van der Waals surface area (Å²) in [7, 11) is -3.02. The maximum Gasteiger partial charge on any atom is 0.261 e. The lowest BCUT2D eigenvalue weighted by molar-refractivity contribution is -0.127. The molecule has 1 heterocycles. The molecule has 0 saturated carbocycles. The van der Waals surface area contributed by atoms with Gasteiger partial charge in [0.1, 0.15) is 5.75 Å². The number of halogens is 1. The van der Waals surface area contributed by atoms with Crippen molar-refractivity contribution in [1.29, 1.82) is 0 Å². The Hall–Kier alpha value is -1.60. The van der Waals surface area contributed by atoms with Crippen LogP contribution in [0.4, 0.5) is 0 Å². The molecule has 1 N–H and O–H groups in total. The lowest BCUT2D eigenvalue weighted by Gasteiger charge is -2.18. The molecule has 1 amide bonds. The van der Waals surface area contributed by atoms with E-state index in [1.54, 1.807) is 6.92 Å². The molecule has 0 aliphatic carbocycles. The number of carbonyl (C=O) groups is 1. The van der Waals surface area contributed by atoms with E-state index in [9.17, 15) is 13.2 Å². The molecule has 0 aromatic heterocycles. The molecule has 0 unspecified atom stereocenters. The number of hydrogen-bond donors (Lipinski definition) is 1. The van der Waals surface area contributed by atoms with Crippen LogP contribution in [0.15, 0.2) is 40.9 Å². The number of nitrogens with one attached hydrogen (secondary N) is 1. The Morgan fingerprint density at radius 3 is 2.75 bits per heavy atom. The third-order valence-electron chi connectivity index (χ3n) is 4.08. The van der Waals surface area contributed by atoms with Crippen molar-refractivity contribution >= 4 is 42.4 Å². The van der Waals surface area contributed by atoms with E-state index in [1.165, 1.54) is 0 Å². The molecule has 0 bridgehead atoms. The summed E-state index contributed by atoms with van der Waals surface area (Å²) in [4.78, 5) is 12.2. The molecule has 7 heteroatoms. The predicted molar refractivity (Wildman–Crippen MR) is 96.9 cm³/mol. The highest BCUT2D eigenvalue weighted by Crippen LogP contribution is 2.33. The molecule has 0 spiro atoms. The van der Waals surface area contributed by atoms with Gasteiger partial charge in [0, 0.05) is 6.04 Å². The summed E-state index contributed by atoms with van der Waals surface area (Å²) in [6.07, 6.45) is -0.258. The largest absolute Gasteiger partial charge is 0.480 e. The Morgan fingerprint density at radius 1 is 1.29 bits per heavy atom. The normalized spacial score (nSPS) is 20.7. The average Bonchev–Trinajstić information content (AvgIpc) is 2.89. The van der Waals surface area contributed by atoms with E-state index in [-0.39, 0.29) is 23.5 Å². The quantitative estimate of drug-likeness (QED) is 0.838. The van der Waals surface area contributed by atoms with Crippen LogP contribution in [-0.4, -0.2) is 38.0 Å². The van der Waals surface area contributed by atoms with Gasteiger partial charge in [-0.15, -0.1) is 0 Å². The molecule has 0 radical (unpaired) electrons. The first kappa shape index (κ1) is 17.2. The SMILES string of the molecule is C[C@H](Oc1ccc2ccccc2c1Br)C(=O)N[C@H]1CCS(=O)(=O)C1. The lowest BCUT2D eigenvalue weighted by atomic mass is 10.1. The van der Waals surface area contributed by atoms with Crippen LogP contribution < -0.4 is 10.1 Å². The third-order valence-corrected chi connectivity index (χ3v) is 6.67. The van der Waals surface area contributed by atoms with E-state index in [1.807, 2.05) is 36.4 Å². The number of ether oxygens (including phenoxy) is 1. The van der Waals surface area contributed by atoms with Crippen molar-refractivity contribution in [3.05, 3.63) is 40.9 Å². The lowest BCUT2D eigenvalue weighted by Crippen LogP contribution is -2.43. The van der Waals surface area contributed by atoms with Crippen LogP contribution in [0.3, 0.4) is 0 Å². The second kappa shape index (κ2) is 6.72. The fourth-order valence-electron chi connectivity index (χ4n) is 2.78. The van der Waals surface area contributed by atoms with Crippen LogP contribution in [0.25, 0.3) is 10.8 Å². The number of fused-ring (bicyclic) bond motifs is 1. The molecule has 24 heavy (non-hydrogen) atoms. The maximum absolute atomic E-state index is 12.2. The molecule has 5 nitrogen and oxygen atoms in total. The van der Waals surface area contributed by atoms with Gasteiger partial charge in [0.25, 0.3) is 5.91 Å². The molecule has 3 rings (SSSR count). The van der Waals surface area contributed by atoms with E-state index in [2.05, 4.69) is 21.2 Å². The zero-order valence-corrected chi connectivity index (χ0v) is 15.6. The summed E-state index contributed by atoms with van der Waals surface area (Å²) in [6.45, 7) is 1.65. The van der Waals surface area contributed by atoms with Crippen LogP contribution in [0, 0.1) is 0 Å². The number of hydrogen-bond acceptors (Lipinski definition) is 4. The van der Waals surface area contributed by atoms with E-state index in [0.717, 1.165) is 15.2 Å². The molecule has 2 aromatic carbocycles. The van der Waals surface area contributed by atoms with Crippen molar-refractivity contribution in [2.24, 2.45) is 0 Å². The fourth-order valence-corrected chi connectivity index (χ4v) is 5.04. The Kier molecular flexibility index (Phi) is 4.83. The topological polar surface area (TPSA) is 72.5 Å². The number of sulfone groups is 1. The molecule has 1 fully saturated rings. The highest BCUT2D eigenvalue weighted by molar-refractivity contribution is 9.10. The smallest absolute Gasteiger partial charge is 0.261 e. The molecule has 1 aliphatic rings. The molecular formula is C17H18BrNO4S. The van der Waals surface area contributed by atoms with E-state index < -0.39 is 15.9 Å². The van der Waals surface area contributed by atoms with Gasteiger partial charge < -0.3 is 10.1 Å². The minimum absolute atomic E-state index is 0.00509. The van der Waals surface area contributed by atoms with E-state index in [0.29, 0.717) is 12.2 Å². The van der Waals surface area contributed by atoms with Crippen molar-refractivity contribution in [3.8, 4) is 5.75 Å². The predicted octanol–water partition coefficient (Wildman–Crippen LogP) is 2.67. The summed E-state index contributed by atoms with van der Waals surface area (Å²) < 4.78 is 29.5. The second-order valence-corrected chi connectivity index (χ2v) is 8.99. The Bertz CT molecular complexity index is 881. The van der Waals surface area contributed by atoms with Crippen LogP contribution in [0.2, 0.25) is 0 Å². The fraction of sp³-hybridized carbons (Fsp3) is 0.353. The van der Waals surface area contributed by atoms with Gasteiger partial charge in [-0.2, -0.15) is 0 Å². The van der Waals surface area contributed by atoms with Gasteiger partial charge in [-0.25, -0.2) is 8.42 Å². The Morgan fingerprint density at radius 2 is 2.04 bits per heavy atom. The Labute approximate surface area is 149 Å². The summed E-state index contributed by atoms with van der Waals surface area (Å²) in [5, 5.41) is 4.83. The standard InChI is InChI=1S/C17H18BrNO4S/c1-11(17(20)19-13-8-9-24(21,22)10-13)23-15-7-6-12-4-2-3-5-14(12)16(15)18/h2-7,11,13H,8-10H2,1H3,(H,19,20)/t11-,13-/m0/s1. The number of carbonyl (C=O) groups excluding carboxylic acids is 1. The molecular weight excluding hydrogens is 394 g/mol. The number of amides is 1. The minimum atomic E-state index is -3.02. The number of benzene rings is 2. The summed E-state index contributed by atoms with van der Waals surface area (Å²) in [5.74, 6) is 0.404. The van der Waals surface area contributed by atoms with Gasteiger partial charge in [0.2, 0.25) is 0 Å². The van der Waals surface area contributed by atoms with Gasteiger partial charge >= 0.3 is 0 Å². The van der Waals surface area contributed by atoms with Crippen molar-refractivity contribution in [3.63, 3.8) is 0 Å². The molecule has 128 valence electrons. The van der Waals surface area contributed by atoms with Crippen molar-refractivity contribution < 1.29 is 17.9 Å². The van der Waals surface area contributed by atoms with Gasteiger partial charge in [-0.1, -0.05) is 30.3 Å². The molecule has 2 atom stereocenters. The second-order valence-electron chi connectivity index (χ2n) is 5.97. The first-order chi connectivity index (χ1) is 11.4. The van der Waals surface area contributed by atoms with E-state index in [4.69, 9.17) is 4.74 Å². The van der Waals surface area contributed by atoms with Crippen molar-refractivity contribution in [2.45, 2.75) is 25.5 Å². The number of rotatable bonds is 4. The zero-order valence-electron chi connectivity index (χ0n) is 13.2. The monoisotopic (exact) mass is 411 g/mol. The third kappa shape index (κ3) is 3.72. The maximum atomic E-state index is 12.2. The molecule has 1 saturated heterocycles. The summed E-state index contributed by atoms with van der Waals surface area (Å²) in [5.41, 5.74) is 0. The van der Waals surface area contributed by atoms with E-state index >= 15 is 0 Å². The minimum Gasteiger partial charge on any atom is -0.480 e. The van der Waals surface area contributed by atoms with Crippen molar-refractivity contribution in [2.75, 3.05) is 11.5 Å². The highest BCUT2D eigenvalue weighted by Gasteiger charge is 2.30. The highest BCUT2D eigenvalue weighted by atomic mass is 79.9. The van der Waals surface area contributed by atoms with Crippen molar-refractivity contribution in [1.82, 2.24) is 5.32 Å². The van der Waals surface area contributed by atoms with Crippen LogP contribution in [0.1, 0.15) is 13.3 Å². The van der Waals surface area contributed by atoms with Crippen LogP contribution in [-0.2, 0) is 14.6 Å². The summed E-state index contributed by atoms with van der Waals surface area (Å²) >= 11 is 3.53. The first-order valence-corrected chi connectivity index (χ1v) is 10.3. The van der Waals surface area contributed by atoms with Crippen LogP contribution >= 0.6 is 15.9 Å². The molecule has 2 aromatic rings. The van der Waals surface area contributed by atoms with Gasteiger partial charge in [-0.3, -0.25) is 4.79 Å². The molecule has 1 aliphatic heterocycles. The van der Waals surface area contributed by atoms with Gasteiger partial charge in [0.15, 0.2) is 15.9 Å².